The van der Waals surface area contributed by atoms with Crippen LogP contribution in [0.5, 0.6) is 0 Å². The van der Waals surface area contributed by atoms with Gasteiger partial charge < -0.3 is 5.32 Å². The van der Waals surface area contributed by atoms with E-state index in [4.69, 9.17) is 16.4 Å². The molecule has 0 spiro atoms. The van der Waals surface area contributed by atoms with Gasteiger partial charge in [-0.2, -0.15) is 13.2 Å². The molecule has 9 heteroatoms. The molecule has 0 aliphatic carbocycles. The van der Waals surface area contributed by atoms with Gasteiger partial charge in [-0.1, -0.05) is 60.1 Å². The van der Waals surface area contributed by atoms with Gasteiger partial charge in [0.25, 0.3) is 5.91 Å². The summed E-state index contributed by atoms with van der Waals surface area (Å²) in [7, 11) is 0. The highest BCUT2D eigenvalue weighted by Crippen LogP contribution is 2.47. The standard InChI is InChI=1S/C24H17ClF4N2O2/c25-19-12-18(10-11-20(19)26)23(24(27,28)29)13-21(31-33-23)16-6-8-17(9-7-16)22(32)30-14-15-4-2-1-3-5-15/h1-13,31H,14H2,(H,30,32). The van der Waals surface area contributed by atoms with Crippen LogP contribution in [0, 0.1) is 5.82 Å². The summed E-state index contributed by atoms with van der Waals surface area (Å²) in [4.78, 5) is 17.4. The first-order chi connectivity index (χ1) is 15.7. The fraction of sp³-hybridized carbons (Fsp3) is 0.125. The molecule has 33 heavy (non-hydrogen) atoms. The van der Waals surface area contributed by atoms with Crippen molar-refractivity contribution in [1.29, 1.82) is 0 Å². The first kappa shape index (κ1) is 22.8. The first-order valence-corrected chi connectivity index (χ1v) is 10.2. The molecule has 3 aromatic rings. The smallest absolute Gasteiger partial charge is 0.348 e. The lowest BCUT2D eigenvalue weighted by atomic mass is 9.91. The van der Waals surface area contributed by atoms with Crippen molar-refractivity contribution in [3.05, 3.63) is 112 Å². The summed E-state index contributed by atoms with van der Waals surface area (Å²) in [6.07, 6.45) is -4.00. The molecule has 0 fully saturated rings. The fourth-order valence-electron chi connectivity index (χ4n) is 3.39. The molecule has 1 aliphatic heterocycles. The van der Waals surface area contributed by atoms with Gasteiger partial charge in [0, 0.05) is 17.7 Å². The minimum Gasteiger partial charge on any atom is -0.348 e. The average Bonchev–Trinajstić information content (AvgIpc) is 3.27. The molecule has 4 nitrogen and oxygen atoms in total. The minimum atomic E-state index is -4.86. The van der Waals surface area contributed by atoms with E-state index in [9.17, 15) is 22.4 Å². The Labute approximate surface area is 191 Å². The van der Waals surface area contributed by atoms with E-state index in [1.165, 1.54) is 24.3 Å². The van der Waals surface area contributed by atoms with Gasteiger partial charge in [-0.25, -0.2) is 4.39 Å². The predicted octanol–water partition coefficient (Wildman–Crippen LogP) is 5.74. The number of hydrogen-bond acceptors (Lipinski definition) is 3. The van der Waals surface area contributed by atoms with Crippen LogP contribution in [0.1, 0.15) is 27.0 Å². The summed E-state index contributed by atoms with van der Waals surface area (Å²) >= 11 is 5.69. The van der Waals surface area contributed by atoms with Gasteiger partial charge in [0.15, 0.2) is 0 Å². The summed E-state index contributed by atoms with van der Waals surface area (Å²) in [5.74, 6) is -1.16. The number of hydrogen-bond donors (Lipinski definition) is 2. The fourth-order valence-corrected chi connectivity index (χ4v) is 3.57. The van der Waals surface area contributed by atoms with Gasteiger partial charge in [-0.05, 0) is 41.5 Å². The molecule has 2 N–H and O–H groups in total. The van der Waals surface area contributed by atoms with Crippen LogP contribution in [0.4, 0.5) is 17.6 Å². The molecule has 0 bridgehead atoms. The van der Waals surface area contributed by atoms with Crippen molar-refractivity contribution in [2.45, 2.75) is 18.3 Å². The molecule has 1 heterocycles. The summed E-state index contributed by atoms with van der Waals surface area (Å²) in [6, 6.07) is 18.1. The second-order valence-corrected chi connectivity index (χ2v) is 7.78. The van der Waals surface area contributed by atoms with Gasteiger partial charge in [0.1, 0.15) is 5.82 Å². The Bertz CT molecular complexity index is 1200. The lowest BCUT2D eigenvalue weighted by molar-refractivity contribution is -0.269. The molecule has 0 radical (unpaired) electrons. The average molecular weight is 477 g/mol. The van der Waals surface area contributed by atoms with Crippen LogP contribution in [-0.2, 0) is 17.0 Å². The van der Waals surface area contributed by atoms with E-state index < -0.39 is 22.6 Å². The highest BCUT2D eigenvalue weighted by atomic mass is 35.5. The number of carbonyl (C=O) groups excluding carboxylic acids is 1. The zero-order valence-corrected chi connectivity index (χ0v) is 17.7. The van der Waals surface area contributed by atoms with E-state index in [1.807, 2.05) is 30.3 Å². The van der Waals surface area contributed by atoms with Crippen LogP contribution in [-0.4, -0.2) is 12.1 Å². The van der Waals surface area contributed by atoms with Crippen LogP contribution in [0.3, 0.4) is 0 Å². The van der Waals surface area contributed by atoms with Crippen molar-refractivity contribution in [3.8, 4) is 0 Å². The van der Waals surface area contributed by atoms with Gasteiger partial charge in [0.2, 0.25) is 5.60 Å². The van der Waals surface area contributed by atoms with E-state index in [2.05, 4.69) is 10.8 Å². The van der Waals surface area contributed by atoms with Crippen molar-refractivity contribution in [2.24, 2.45) is 0 Å². The molecular weight excluding hydrogens is 460 g/mol. The molecule has 1 amide bonds. The van der Waals surface area contributed by atoms with E-state index in [-0.39, 0.29) is 17.2 Å². The molecule has 4 rings (SSSR count). The van der Waals surface area contributed by atoms with Gasteiger partial charge in [-0.3, -0.25) is 15.1 Å². The Morgan fingerprint density at radius 1 is 1.03 bits per heavy atom. The van der Waals surface area contributed by atoms with Crippen LogP contribution in [0.2, 0.25) is 5.02 Å². The molecule has 3 aromatic carbocycles. The number of rotatable bonds is 5. The summed E-state index contributed by atoms with van der Waals surface area (Å²) in [5.41, 5.74) is 0.770. The lowest BCUT2D eigenvalue weighted by Crippen LogP contribution is -2.42. The van der Waals surface area contributed by atoms with Crippen LogP contribution in [0.25, 0.3) is 5.70 Å². The third-order valence-corrected chi connectivity index (χ3v) is 5.48. The summed E-state index contributed by atoms with van der Waals surface area (Å²) < 4.78 is 55.5. The second kappa shape index (κ2) is 8.88. The number of hydroxylamine groups is 1. The topological polar surface area (TPSA) is 50.4 Å². The van der Waals surface area contributed by atoms with Crippen LogP contribution >= 0.6 is 11.6 Å². The highest BCUT2D eigenvalue weighted by Gasteiger charge is 2.59. The van der Waals surface area contributed by atoms with Crippen molar-refractivity contribution >= 4 is 23.2 Å². The number of amides is 1. The SMILES string of the molecule is O=C(NCc1ccccc1)c1ccc(C2=CC(c3ccc(F)c(Cl)c3)(C(F)(F)F)ON2)cc1. The molecule has 0 saturated heterocycles. The summed E-state index contributed by atoms with van der Waals surface area (Å²) in [5, 5.41) is 2.33. The second-order valence-electron chi connectivity index (χ2n) is 7.37. The predicted molar refractivity (Wildman–Crippen MR) is 115 cm³/mol. The molecule has 1 aliphatic rings. The van der Waals surface area contributed by atoms with E-state index in [0.717, 1.165) is 29.8 Å². The Hall–Kier alpha value is -3.36. The van der Waals surface area contributed by atoms with Crippen molar-refractivity contribution < 1.29 is 27.2 Å². The van der Waals surface area contributed by atoms with Crippen LogP contribution in [0.15, 0.2) is 78.9 Å². The maximum Gasteiger partial charge on any atom is 0.428 e. The van der Waals surface area contributed by atoms with Crippen molar-refractivity contribution in [1.82, 2.24) is 10.8 Å². The lowest BCUT2D eigenvalue weighted by Gasteiger charge is -2.28. The largest absolute Gasteiger partial charge is 0.428 e. The number of nitrogens with one attached hydrogen (secondary N) is 2. The Kier molecular flexibility index (Phi) is 6.14. The molecular formula is C24H17ClF4N2O2. The zero-order chi connectivity index (χ0) is 23.6. The number of halogens is 5. The molecule has 1 unspecified atom stereocenters. The molecule has 0 saturated carbocycles. The normalized spacial score (nSPS) is 17.9. The van der Waals surface area contributed by atoms with Gasteiger partial charge in [-0.15, -0.1) is 0 Å². The zero-order valence-electron chi connectivity index (χ0n) is 16.9. The molecule has 0 aromatic heterocycles. The Morgan fingerprint density at radius 3 is 2.36 bits per heavy atom. The van der Waals surface area contributed by atoms with E-state index in [1.54, 1.807) is 0 Å². The van der Waals surface area contributed by atoms with Gasteiger partial charge >= 0.3 is 6.18 Å². The monoisotopic (exact) mass is 476 g/mol. The van der Waals surface area contributed by atoms with E-state index in [0.29, 0.717) is 17.7 Å². The Morgan fingerprint density at radius 2 is 1.73 bits per heavy atom. The highest BCUT2D eigenvalue weighted by molar-refractivity contribution is 6.30. The minimum absolute atomic E-state index is 0.0454. The third-order valence-electron chi connectivity index (χ3n) is 5.19. The van der Waals surface area contributed by atoms with Gasteiger partial charge in [0.05, 0.1) is 10.7 Å². The molecule has 170 valence electrons. The quantitative estimate of drug-likeness (QED) is 0.461. The van der Waals surface area contributed by atoms with Crippen LogP contribution < -0.4 is 10.8 Å². The third kappa shape index (κ3) is 4.58. The maximum absolute atomic E-state index is 14.0. The number of carbonyl (C=O) groups is 1. The maximum atomic E-state index is 14.0. The van der Waals surface area contributed by atoms with Crippen molar-refractivity contribution in [2.75, 3.05) is 0 Å². The first-order valence-electron chi connectivity index (χ1n) is 9.81. The van der Waals surface area contributed by atoms with E-state index >= 15 is 0 Å². The number of benzene rings is 3. The van der Waals surface area contributed by atoms with Crippen molar-refractivity contribution in [3.63, 3.8) is 0 Å². The summed E-state index contributed by atoms with van der Waals surface area (Å²) in [6.45, 7) is 0.344. The Balaban J connectivity index is 1.56. The molecule has 1 atom stereocenters. The number of alkyl halides is 3.